The van der Waals surface area contributed by atoms with Crippen LogP contribution in [0.5, 0.6) is 5.75 Å². The number of aromatic nitrogens is 4. The summed E-state index contributed by atoms with van der Waals surface area (Å²) in [6, 6.07) is 10.6. The molecular weight excluding hydrogens is 493 g/mol. The topological polar surface area (TPSA) is 146 Å². The normalized spacial score (nSPS) is 22.4. The lowest BCUT2D eigenvalue weighted by Gasteiger charge is -2.34. The maximum Gasteiger partial charge on any atom is 0.248 e. The highest BCUT2D eigenvalue weighted by Crippen LogP contribution is 2.46. The van der Waals surface area contributed by atoms with Crippen molar-refractivity contribution < 1.29 is 23.8 Å². The van der Waals surface area contributed by atoms with Crippen LogP contribution in [0.25, 0.3) is 11.1 Å². The summed E-state index contributed by atoms with van der Waals surface area (Å²) in [5.74, 6) is 0.397. The third kappa shape index (κ3) is 5.33. The molecule has 1 saturated carbocycles. The summed E-state index contributed by atoms with van der Waals surface area (Å²) < 4.78 is 22.1. The number of benzene rings is 1. The van der Waals surface area contributed by atoms with Crippen LogP contribution in [-0.4, -0.2) is 73.5 Å². The number of carbonyl (C=O) groups excluding carboxylic acids is 2. The van der Waals surface area contributed by atoms with Crippen LogP contribution in [0.2, 0.25) is 0 Å². The van der Waals surface area contributed by atoms with E-state index in [4.69, 9.17) is 9.84 Å². The molecule has 2 aromatic heterocycles. The van der Waals surface area contributed by atoms with Crippen molar-refractivity contribution in [3.63, 3.8) is 0 Å². The Morgan fingerprint density at radius 1 is 1.26 bits per heavy atom. The summed E-state index contributed by atoms with van der Waals surface area (Å²) in [5.41, 5.74) is 1.67. The van der Waals surface area contributed by atoms with Gasteiger partial charge in [0.25, 0.3) is 0 Å². The Morgan fingerprint density at radius 2 is 2.08 bits per heavy atom. The molecule has 0 radical (unpaired) electrons. The number of carbonyl (C=O) groups is 2. The smallest absolute Gasteiger partial charge is 0.248 e. The van der Waals surface area contributed by atoms with Gasteiger partial charge in [0, 0.05) is 38.0 Å². The van der Waals surface area contributed by atoms with E-state index in [0.29, 0.717) is 23.6 Å². The minimum Gasteiger partial charge on any atom is -0.486 e. The average Bonchev–Trinajstić information content (AvgIpc) is 3.62. The Kier molecular flexibility index (Phi) is 7.02. The van der Waals surface area contributed by atoms with Gasteiger partial charge in [0.15, 0.2) is 12.0 Å². The zero-order chi connectivity index (χ0) is 26.8. The Balaban J connectivity index is 1.25. The van der Waals surface area contributed by atoms with Crippen molar-refractivity contribution in [1.29, 1.82) is 5.26 Å². The third-order valence-electron chi connectivity index (χ3n) is 6.77. The second-order valence-electron chi connectivity index (χ2n) is 9.43. The van der Waals surface area contributed by atoms with Gasteiger partial charge in [0.05, 0.1) is 12.1 Å². The number of nitriles is 1. The second-order valence-corrected chi connectivity index (χ2v) is 9.43. The summed E-state index contributed by atoms with van der Waals surface area (Å²) in [6.07, 6.45) is 1.84. The van der Waals surface area contributed by atoms with Gasteiger partial charge >= 0.3 is 0 Å². The van der Waals surface area contributed by atoms with E-state index in [1.165, 1.54) is 4.90 Å². The first-order chi connectivity index (χ1) is 18.4. The number of alkyl halides is 1. The van der Waals surface area contributed by atoms with Crippen molar-refractivity contribution in [2.75, 3.05) is 25.0 Å². The quantitative estimate of drug-likeness (QED) is 0.481. The van der Waals surface area contributed by atoms with Crippen LogP contribution < -0.4 is 10.1 Å². The summed E-state index contributed by atoms with van der Waals surface area (Å²) >= 11 is 0. The van der Waals surface area contributed by atoms with Crippen molar-refractivity contribution in [1.82, 2.24) is 24.6 Å². The van der Waals surface area contributed by atoms with Crippen molar-refractivity contribution in [3.05, 3.63) is 54.2 Å². The number of nitrogens with zero attached hydrogens (tertiary/aromatic N) is 6. The van der Waals surface area contributed by atoms with E-state index in [-0.39, 0.29) is 48.6 Å². The number of nitrogens with one attached hydrogen (secondary N) is 1. The molecule has 2 N–H and O–H groups in total. The van der Waals surface area contributed by atoms with E-state index in [1.54, 1.807) is 54.6 Å². The van der Waals surface area contributed by atoms with E-state index in [1.807, 2.05) is 0 Å². The van der Waals surface area contributed by atoms with Crippen molar-refractivity contribution >= 4 is 17.6 Å². The Morgan fingerprint density at radius 3 is 2.79 bits per heavy atom. The molecule has 11 nitrogen and oxygen atoms in total. The number of anilines is 1. The zero-order valence-electron chi connectivity index (χ0n) is 20.6. The van der Waals surface area contributed by atoms with Crippen molar-refractivity contribution in [3.8, 4) is 22.9 Å². The van der Waals surface area contributed by atoms with Crippen molar-refractivity contribution in [2.45, 2.75) is 31.0 Å². The number of pyridine rings is 1. The van der Waals surface area contributed by atoms with Gasteiger partial charge in [-0.1, -0.05) is 6.07 Å². The Hall–Kier alpha value is -4.37. The molecule has 0 spiro atoms. The largest absolute Gasteiger partial charge is 0.486 e. The molecule has 4 atom stereocenters. The second kappa shape index (κ2) is 10.5. The summed E-state index contributed by atoms with van der Waals surface area (Å²) in [5, 5.41) is 25.8. The molecule has 1 saturated heterocycles. The molecule has 1 aromatic carbocycles. The molecule has 1 aliphatic heterocycles. The fraction of sp³-hybridized carbons (Fsp3) is 0.385. The van der Waals surface area contributed by atoms with Gasteiger partial charge in [-0.25, -0.2) is 14.4 Å². The summed E-state index contributed by atoms with van der Waals surface area (Å²) in [6.45, 7) is -0.576. The van der Waals surface area contributed by atoms with Crippen LogP contribution in [-0.2, 0) is 16.6 Å². The number of halogens is 1. The number of aliphatic hydroxyl groups excluding tert-OH is 1. The predicted octanol–water partition coefficient (Wildman–Crippen LogP) is 1.80. The molecule has 3 heterocycles. The predicted molar refractivity (Wildman–Crippen MR) is 132 cm³/mol. The van der Waals surface area contributed by atoms with Crippen LogP contribution in [0, 0.1) is 17.2 Å². The Bertz CT molecular complexity index is 1400. The van der Waals surface area contributed by atoms with E-state index < -0.39 is 24.8 Å². The van der Waals surface area contributed by atoms with Gasteiger partial charge in [0.2, 0.25) is 11.8 Å². The third-order valence-corrected chi connectivity index (χ3v) is 6.77. The lowest BCUT2D eigenvalue weighted by molar-refractivity contribution is -0.138. The van der Waals surface area contributed by atoms with E-state index in [9.17, 15) is 19.2 Å². The first-order valence-corrected chi connectivity index (χ1v) is 12.2. The highest BCUT2D eigenvalue weighted by atomic mass is 19.1. The van der Waals surface area contributed by atoms with Gasteiger partial charge in [-0.3, -0.25) is 14.3 Å². The zero-order valence-corrected chi connectivity index (χ0v) is 20.6. The molecule has 5 rings (SSSR count). The monoisotopic (exact) mass is 519 g/mol. The minimum absolute atomic E-state index is 0.00330. The number of hydrogen-bond donors (Lipinski definition) is 2. The first-order valence-electron chi connectivity index (χ1n) is 12.2. The minimum atomic E-state index is -1.45. The Labute approximate surface area is 217 Å². The molecule has 3 aromatic rings. The molecule has 196 valence electrons. The SMILES string of the molecule is Cn1cnc(C2CC2C(=O)Nc2cc(-c3ccc(OC4CCN(C(=O)CO)CC4F)c(C#N)c3)ccn2)n1. The molecule has 0 bridgehead atoms. The average molecular weight is 520 g/mol. The highest BCUT2D eigenvalue weighted by molar-refractivity contribution is 5.94. The number of rotatable bonds is 7. The number of hydrogen-bond acceptors (Lipinski definition) is 8. The molecule has 2 fully saturated rings. The lowest BCUT2D eigenvalue weighted by atomic mass is 10.0. The number of ether oxygens (including phenoxy) is 1. The number of likely N-dealkylation sites (tertiary alicyclic amines) is 1. The van der Waals surface area contributed by atoms with Gasteiger partial charge in [-0.15, -0.1) is 0 Å². The van der Waals surface area contributed by atoms with Crippen molar-refractivity contribution in [2.24, 2.45) is 13.0 Å². The van der Waals surface area contributed by atoms with Gasteiger partial charge < -0.3 is 20.1 Å². The van der Waals surface area contributed by atoms with E-state index >= 15 is 0 Å². The molecule has 1 aliphatic carbocycles. The number of aryl methyl sites for hydroxylation is 1. The molecule has 4 unspecified atom stereocenters. The highest BCUT2D eigenvalue weighted by Gasteiger charge is 2.46. The number of amides is 2. The van der Waals surface area contributed by atoms with Gasteiger partial charge in [0.1, 0.15) is 36.7 Å². The molecule has 12 heteroatoms. The fourth-order valence-corrected chi connectivity index (χ4v) is 4.60. The summed E-state index contributed by atoms with van der Waals surface area (Å²) in [4.78, 5) is 34.1. The molecular formula is C26H26FN7O4. The van der Waals surface area contributed by atoms with Gasteiger partial charge in [-0.2, -0.15) is 10.4 Å². The fourth-order valence-electron chi connectivity index (χ4n) is 4.60. The van der Waals surface area contributed by atoms with Crippen LogP contribution in [0.3, 0.4) is 0 Å². The summed E-state index contributed by atoms with van der Waals surface area (Å²) in [7, 11) is 1.78. The molecule has 2 aliphatic rings. The number of aliphatic hydroxyl groups is 1. The maximum absolute atomic E-state index is 14.7. The van der Waals surface area contributed by atoms with Crippen LogP contribution in [0.15, 0.2) is 42.9 Å². The maximum atomic E-state index is 14.7. The lowest BCUT2D eigenvalue weighted by Crippen LogP contribution is -2.50. The molecule has 38 heavy (non-hydrogen) atoms. The van der Waals surface area contributed by atoms with E-state index in [2.05, 4.69) is 26.5 Å². The van der Waals surface area contributed by atoms with Gasteiger partial charge in [-0.05, 0) is 41.8 Å². The standard InChI is InChI=1S/C26H26FN7O4/c1-33-14-30-25(32-33)18-10-19(18)26(37)31-23-9-16(4-6-29-23)15-2-3-21(17(8-15)11-28)38-22-5-7-34(12-20(22)27)24(36)13-35/h2-4,6,8-9,14,18-20,22,35H,5,7,10,12-13H2,1H3,(H,29,31,37). The van der Waals surface area contributed by atoms with Crippen LogP contribution in [0.4, 0.5) is 10.2 Å². The molecule has 2 amide bonds. The van der Waals surface area contributed by atoms with Crippen LogP contribution in [0.1, 0.15) is 30.1 Å². The van der Waals surface area contributed by atoms with E-state index in [0.717, 1.165) is 5.56 Å². The van der Waals surface area contributed by atoms with Crippen LogP contribution >= 0.6 is 0 Å². The number of piperidine rings is 1. The first kappa shape index (κ1) is 25.3.